The van der Waals surface area contributed by atoms with E-state index in [2.05, 4.69) is 68.0 Å². The van der Waals surface area contributed by atoms with Gasteiger partial charge in [-0.05, 0) is 135 Å². The van der Waals surface area contributed by atoms with Crippen LogP contribution < -0.4 is 10.1 Å². The lowest BCUT2D eigenvalue weighted by atomic mass is 9.44. The average Bonchev–Trinajstić information content (AvgIpc) is 3.90. The molecule has 13 heteroatoms. The molecule has 8 rings (SSSR count). The number of hydrogen-bond acceptors (Lipinski definition) is 10. The topological polar surface area (TPSA) is 168 Å². The molecule has 404 valence electrons. The summed E-state index contributed by atoms with van der Waals surface area (Å²) in [6, 6.07) is 20.2. The van der Waals surface area contributed by atoms with Gasteiger partial charge in [0.1, 0.15) is 37.2 Å². The largest absolute Gasteiger partial charge is 0.489 e. The van der Waals surface area contributed by atoms with E-state index in [0.717, 1.165) is 72.0 Å². The molecular formula is C63H77ClN4O8. The molecule has 0 spiro atoms. The number of aliphatic hydroxyl groups excluding tert-OH is 1. The number of nitrogens with zero attached hydrogens (tertiary/aromatic N) is 3. The second-order valence-electron chi connectivity index (χ2n) is 24.3. The third-order valence-electron chi connectivity index (χ3n) is 17.4. The number of hydrogen-bond donors (Lipinski definition) is 2. The lowest BCUT2D eigenvalue weighted by Crippen LogP contribution is -2.66. The Bertz CT molecular complexity index is 2830. The molecule has 3 fully saturated rings. The second-order valence-corrected chi connectivity index (χ2v) is 24.7. The number of allylic oxidation sites excluding steroid dienone is 2. The van der Waals surface area contributed by atoms with Gasteiger partial charge in [-0.1, -0.05) is 96.2 Å². The minimum absolute atomic E-state index is 0.0164. The van der Waals surface area contributed by atoms with Gasteiger partial charge in [0.15, 0.2) is 11.6 Å². The Morgan fingerprint density at radius 2 is 1.74 bits per heavy atom. The highest BCUT2D eigenvalue weighted by atomic mass is 35.5. The summed E-state index contributed by atoms with van der Waals surface area (Å²) in [6.45, 7) is 19.6. The molecule has 76 heavy (non-hydrogen) atoms. The number of aliphatic imine (C=N–C) groups is 1. The second kappa shape index (κ2) is 23.5. The van der Waals surface area contributed by atoms with Crippen molar-refractivity contribution in [3.63, 3.8) is 0 Å². The van der Waals surface area contributed by atoms with E-state index in [1.54, 1.807) is 23.1 Å². The normalized spacial score (nSPS) is 25.2. The third-order valence-corrected chi connectivity index (χ3v) is 17.7. The van der Waals surface area contributed by atoms with Gasteiger partial charge in [0.25, 0.3) is 0 Å². The molecular weight excluding hydrogens is 976 g/mol. The molecule has 0 bridgehead atoms. The van der Waals surface area contributed by atoms with Gasteiger partial charge in [0.05, 0.1) is 35.9 Å². The fourth-order valence-electron chi connectivity index (χ4n) is 13.1. The van der Waals surface area contributed by atoms with Crippen molar-refractivity contribution in [2.24, 2.45) is 50.8 Å². The van der Waals surface area contributed by atoms with Crippen LogP contribution in [0.3, 0.4) is 0 Å². The maximum absolute atomic E-state index is 14.5. The summed E-state index contributed by atoms with van der Waals surface area (Å²) in [5.41, 5.74) is 6.53. The van der Waals surface area contributed by atoms with Gasteiger partial charge in [-0.25, -0.2) is 0 Å². The highest BCUT2D eigenvalue weighted by Crippen LogP contribution is 2.63. The number of benzene rings is 3. The van der Waals surface area contributed by atoms with Crippen LogP contribution in [0.25, 0.3) is 5.57 Å². The first-order valence-electron chi connectivity index (χ1n) is 27.4. The van der Waals surface area contributed by atoms with E-state index < -0.39 is 23.5 Å². The van der Waals surface area contributed by atoms with Crippen LogP contribution in [0.2, 0.25) is 5.02 Å². The van der Waals surface area contributed by atoms with E-state index in [0.29, 0.717) is 29.2 Å². The zero-order valence-electron chi connectivity index (χ0n) is 46.0. The van der Waals surface area contributed by atoms with Crippen LogP contribution >= 0.6 is 11.6 Å². The maximum Gasteiger partial charge on any atom is 0.243 e. The van der Waals surface area contributed by atoms with Crippen molar-refractivity contribution >= 4 is 46.8 Å². The summed E-state index contributed by atoms with van der Waals surface area (Å²) in [5.74, 6) is 6.12. The fourth-order valence-corrected chi connectivity index (χ4v) is 13.4. The molecule has 2 heterocycles. The number of rotatable bonds is 18. The van der Waals surface area contributed by atoms with Crippen molar-refractivity contribution < 1.29 is 38.5 Å². The summed E-state index contributed by atoms with van der Waals surface area (Å²) in [6.07, 6.45) is 7.75. The zero-order chi connectivity index (χ0) is 54.7. The summed E-state index contributed by atoms with van der Waals surface area (Å²) in [5, 5.41) is 23.6. The summed E-state index contributed by atoms with van der Waals surface area (Å²) in [7, 11) is 0. The minimum Gasteiger partial charge on any atom is -0.489 e. The van der Waals surface area contributed by atoms with Crippen LogP contribution in [-0.2, 0) is 30.3 Å². The third kappa shape index (κ3) is 12.4. The summed E-state index contributed by atoms with van der Waals surface area (Å²) >= 11 is 6.30. The molecule has 3 aromatic rings. The van der Waals surface area contributed by atoms with Crippen molar-refractivity contribution in [1.29, 1.82) is 5.26 Å². The molecule has 7 atom stereocenters. The highest BCUT2D eigenvalue weighted by molar-refractivity contribution is 6.31. The van der Waals surface area contributed by atoms with Gasteiger partial charge in [-0.15, -0.1) is 0 Å². The van der Waals surface area contributed by atoms with E-state index >= 15 is 0 Å². The monoisotopic (exact) mass is 1050 g/mol. The number of likely N-dealkylation sites (tertiary alicyclic amines) is 1. The van der Waals surface area contributed by atoms with Crippen LogP contribution in [0.5, 0.6) is 5.75 Å². The van der Waals surface area contributed by atoms with Crippen molar-refractivity contribution in [3.05, 3.63) is 105 Å². The Morgan fingerprint density at radius 1 is 1.00 bits per heavy atom. The Morgan fingerprint density at radius 3 is 2.42 bits per heavy atom. The number of ketones is 2. The number of nitrogens with one attached hydrogen (secondary N) is 1. The number of carbonyl (C=O) groups excluding carboxylic acids is 4. The molecule has 1 saturated heterocycles. The molecule has 2 amide bonds. The number of amides is 2. The number of β-amino-alcohol motifs (C(OH)–C–C–N with tert-alkyl or cyclic N) is 1. The molecule has 0 radical (unpaired) electrons. The first-order chi connectivity index (χ1) is 36.1. The standard InChI is InChI=1S/C63H77ClN4O8/c1-38(41-16-18-42(19-17-41)49-14-10-11-25-66-39(49)2)67-58(72)54-33-47(69)36-68(54)59(73)52(61(3,4)5)31-43-21-24-50(43)55(70)37-75-28-27-74-26-12-13-40-15-23-51-45(29-40)30-46(57(51)71)32-56-62(6,7)60(63(56,8)9)76-48-22-20-44(35-65)53(64)34-48/h15-20,22-23,25,29,34,38,43,46-47,50,52,54,56,60,69H,10-11,14,21,24,26-28,30-33,36-37H2,1-9H3,(H,67,72)/t38-,43+,46?,47+,50?,52+,54-,56?,60?/m0/s1. The van der Waals surface area contributed by atoms with E-state index in [1.165, 1.54) is 5.57 Å². The first-order valence-corrected chi connectivity index (χ1v) is 27.8. The minimum atomic E-state index is -0.808. The number of halogens is 1. The molecule has 5 aliphatic rings. The quantitative estimate of drug-likeness (QED) is 0.0931. The molecule has 3 aliphatic carbocycles. The molecule has 3 aromatic carbocycles. The Kier molecular flexibility index (Phi) is 17.5. The SMILES string of the molecule is CC1=C(c2ccc([C@H](C)NC(=O)[C@@H]3C[C@@H](O)CN3C(=O)[C@@H](C[C@H]3CCC3C(=O)COCCOCC#Cc3ccc4c(c3)CC(CC3C(C)(C)C(Oc5ccc(C#N)c(Cl)c5)C3(C)C)C4=O)C(C)(C)C)cc2)CCCC=N1. The van der Waals surface area contributed by atoms with Crippen molar-refractivity contribution in [1.82, 2.24) is 10.2 Å². The van der Waals surface area contributed by atoms with Crippen molar-refractivity contribution in [2.45, 2.75) is 144 Å². The lowest BCUT2D eigenvalue weighted by molar-refractivity contribution is -0.203. The zero-order valence-corrected chi connectivity index (χ0v) is 46.7. The Hall–Kier alpha value is -5.63. The van der Waals surface area contributed by atoms with E-state index in [9.17, 15) is 29.5 Å². The number of Topliss-reactive ketones (excluding diaryl/α,β-unsaturated/α-hetero) is 2. The number of nitriles is 1. The average molecular weight is 1050 g/mol. The number of ether oxygens (including phenoxy) is 3. The molecule has 0 aromatic heterocycles. The molecule has 12 nitrogen and oxygen atoms in total. The predicted octanol–water partition coefficient (Wildman–Crippen LogP) is 10.9. The van der Waals surface area contributed by atoms with Gasteiger partial charge in [0, 0.05) is 70.7 Å². The maximum atomic E-state index is 14.5. The van der Waals surface area contributed by atoms with Crippen LogP contribution in [0.15, 0.2) is 71.4 Å². The van der Waals surface area contributed by atoms with Gasteiger partial charge in [-0.3, -0.25) is 24.2 Å². The highest BCUT2D eigenvalue weighted by Gasteiger charge is 2.64. The van der Waals surface area contributed by atoms with Gasteiger partial charge in [-0.2, -0.15) is 5.26 Å². The molecule has 2 N–H and O–H groups in total. The number of carbonyl (C=O) groups is 4. The predicted molar refractivity (Wildman–Crippen MR) is 296 cm³/mol. The smallest absolute Gasteiger partial charge is 0.243 e. The van der Waals surface area contributed by atoms with Crippen molar-refractivity contribution in [3.8, 4) is 23.7 Å². The van der Waals surface area contributed by atoms with Gasteiger partial charge in [0.2, 0.25) is 11.8 Å². The Balaban J connectivity index is 0.758. The molecule has 2 unspecified atom stereocenters. The fraction of sp³-hybridized carbons (Fsp3) is 0.556. The van der Waals surface area contributed by atoms with Crippen LogP contribution in [-0.4, -0.2) is 90.8 Å². The molecule has 2 aliphatic heterocycles. The summed E-state index contributed by atoms with van der Waals surface area (Å²) < 4.78 is 18.0. The van der Waals surface area contributed by atoms with E-state index in [4.69, 9.17) is 25.8 Å². The van der Waals surface area contributed by atoms with E-state index in [1.807, 2.05) is 71.2 Å². The molecule has 2 saturated carbocycles. The van der Waals surface area contributed by atoms with Crippen LogP contribution in [0.4, 0.5) is 0 Å². The lowest BCUT2D eigenvalue weighted by Gasteiger charge is -2.64. The van der Waals surface area contributed by atoms with Crippen LogP contribution in [0, 0.1) is 69.0 Å². The van der Waals surface area contributed by atoms with Crippen molar-refractivity contribution in [2.75, 3.05) is 33.0 Å². The number of aliphatic hydroxyl groups is 1. The summed E-state index contributed by atoms with van der Waals surface area (Å²) in [4.78, 5) is 61.6. The van der Waals surface area contributed by atoms with Gasteiger partial charge >= 0.3 is 0 Å². The van der Waals surface area contributed by atoms with Gasteiger partial charge < -0.3 is 29.5 Å². The number of fused-ring (bicyclic) bond motifs is 1. The first kappa shape index (κ1) is 56.6. The Labute approximate surface area is 455 Å². The van der Waals surface area contributed by atoms with E-state index in [-0.39, 0.29) is 109 Å². The van der Waals surface area contributed by atoms with Crippen LogP contribution in [0.1, 0.15) is 158 Å².